The molecular weight excluding hydrogens is 457 g/mol. The maximum atomic E-state index is 9.52. The minimum atomic E-state index is 0.473. The molecule has 0 spiro atoms. The fraction of sp³-hybridized carbons (Fsp3) is 0.458. The summed E-state index contributed by atoms with van der Waals surface area (Å²) in [4.78, 5) is 9.36. The molecule has 7 nitrogen and oxygen atoms in total. The van der Waals surface area contributed by atoms with Crippen molar-refractivity contribution in [3.8, 4) is 6.07 Å². The van der Waals surface area contributed by atoms with Crippen molar-refractivity contribution >= 4 is 46.0 Å². The molecular formula is C24H29Cl2N7. The number of piperidine rings is 1. The smallest absolute Gasteiger partial charge is 0.175 e. The lowest BCUT2D eigenvalue weighted by Gasteiger charge is -2.29. The number of benzene rings is 1. The average molecular weight is 486 g/mol. The highest BCUT2D eigenvalue weighted by molar-refractivity contribution is 6.18. The van der Waals surface area contributed by atoms with Crippen LogP contribution in [0.1, 0.15) is 31.0 Å². The van der Waals surface area contributed by atoms with Gasteiger partial charge in [-0.3, -0.25) is 4.90 Å². The van der Waals surface area contributed by atoms with Gasteiger partial charge in [0, 0.05) is 48.8 Å². The molecule has 0 bridgehead atoms. The van der Waals surface area contributed by atoms with Crippen LogP contribution in [0, 0.1) is 17.2 Å². The summed E-state index contributed by atoms with van der Waals surface area (Å²) < 4.78 is 1.70. The number of nitriles is 1. The molecule has 3 heterocycles. The highest BCUT2D eigenvalue weighted by Crippen LogP contribution is 2.25. The Balaban J connectivity index is 1.58. The van der Waals surface area contributed by atoms with E-state index in [1.165, 1.54) is 12.8 Å². The van der Waals surface area contributed by atoms with E-state index in [1.807, 2.05) is 18.2 Å². The summed E-state index contributed by atoms with van der Waals surface area (Å²) in [6, 6.07) is 12.4. The third-order valence-corrected chi connectivity index (χ3v) is 6.46. The van der Waals surface area contributed by atoms with Gasteiger partial charge < -0.3 is 10.2 Å². The van der Waals surface area contributed by atoms with Gasteiger partial charge in [0.1, 0.15) is 17.5 Å². The molecule has 1 aromatic carbocycles. The van der Waals surface area contributed by atoms with Crippen LogP contribution in [0.15, 0.2) is 36.5 Å². The normalized spacial score (nSPS) is 15.0. The maximum Gasteiger partial charge on any atom is 0.175 e. The number of halogens is 2. The van der Waals surface area contributed by atoms with Gasteiger partial charge in [0.25, 0.3) is 0 Å². The largest absolute Gasteiger partial charge is 0.369 e. The molecule has 1 N–H and O–H groups in total. The lowest BCUT2D eigenvalue weighted by molar-refractivity contribution is 0.183. The zero-order valence-electron chi connectivity index (χ0n) is 18.8. The van der Waals surface area contributed by atoms with Gasteiger partial charge in [-0.25, -0.2) is 4.98 Å². The predicted octanol–water partition coefficient (Wildman–Crippen LogP) is 4.86. The van der Waals surface area contributed by atoms with Gasteiger partial charge in [0.15, 0.2) is 5.65 Å². The molecule has 33 heavy (non-hydrogen) atoms. The van der Waals surface area contributed by atoms with Crippen LogP contribution in [-0.2, 0) is 6.54 Å². The number of likely N-dealkylation sites (tertiary alicyclic amines) is 1. The Morgan fingerprint density at radius 3 is 2.48 bits per heavy atom. The second-order valence-electron chi connectivity index (χ2n) is 8.53. The summed E-state index contributed by atoms with van der Waals surface area (Å²) in [6.07, 6.45) is 3.99. The number of alkyl halides is 2. The van der Waals surface area contributed by atoms with Crippen LogP contribution in [0.5, 0.6) is 0 Å². The number of aromatic nitrogens is 3. The monoisotopic (exact) mass is 485 g/mol. The molecule has 0 amide bonds. The minimum Gasteiger partial charge on any atom is -0.369 e. The number of rotatable bonds is 9. The summed E-state index contributed by atoms with van der Waals surface area (Å²) in [5, 5.41) is 17.4. The van der Waals surface area contributed by atoms with Crippen LogP contribution in [-0.4, -0.2) is 57.4 Å². The molecule has 1 saturated heterocycles. The van der Waals surface area contributed by atoms with Gasteiger partial charge in [-0.2, -0.15) is 14.9 Å². The maximum absolute atomic E-state index is 9.52. The lowest BCUT2D eigenvalue weighted by atomic mass is 9.99. The van der Waals surface area contributed by atoms with Crippen molar-refractivity contribution in [1.82, 2.24) is 19.5 Å². The molecule has 9 heteroatoms. The van der Waals surface area contributed by atoms with Crippen molar-refractivity contribution in [3.63, 3.8) is 0 Å². The topological polar surface area (TPSA) is 72.5 Å². The van der Waals surface area contributed by atoms with E-state index in [4.69, 9.17) is 28.2 Å². The van der Waals surface area contributed by atoms with E-state index in [0.29, 0.717) is 23.0 Å². The fourth-order valence-electron chi connectivity index (χ4n) is 4.19. The quantitative estimate of drug-likeness (QED) is 0.436. The van der Waals surface area contributed by atoms with E-state index in [-0.39, 0.29) is 0 Å². The highest BCUT2D eigenvalue weighted by Gasteiger charge is 2.18. The summed E-state index contributed by atoms with van der Waals surface area (Å²) in [5.74, 6) is 2.66. The van der Waals surface area contributed by atoms with E-state index in [9.17, 15) is 5.26 Å². The van der Waals surface area contributed by atoms with Gasteiger partial charge in [0.2, 0.25) is 0 Å². The van der Waals surface area contributed by atoms with Crippen molar-refractivity contribution in [2.24, 2.45) is 5.92 Å². The second-order valence-corrected chi connectivity index (χ2v) is 9.29. The standard InChI is InChI=1S/C24H29Cl2N7/c1-18-6-10-31(11-7-18)17-21-14-23(33-24(30-21)19(15-27)16-28-33)29-20-2-4-22(5-3-20)32(12-8-25)13-9-26/h2-5,14,16,18,29H,6-13,17H2,1H3. The van der Waals surface area contributed by atoms with Crippen LogP contribution in [0.25, 0.3) is 5.65 Å². The first-order chi connectivity index (χ1) is 16.1. The SMILES string of the molecule is CC1CCN(Cc2cc(Nc3ccc(N(CCCl)CCCl)cc3)n3ncc(C#N)c3n2)CC1. The number of hydrogen-bond donors (Lipinski definition) is 1. The van der Waals surface area contributed by atoms with Crippen LogP contribution >= 0.6 is 23.2 Å². The number of anilines is 3. The minimum absolute atomic E-state index is 0.473. The van der Waals surface area contributed by atoms with E-state index in [1.54, 1.807) is 10.7 Å². The molecule has 1 aliphatic heterocycles. The van der Waals surface area contributed by atoms with Crippen molar-refractivity contribution in [1.29, 1.82) is 5.26 Å². The number of nitrogens with one attached hydrogen (secondary N) is 1. The Morgan fingerprint density at radius 1 is 1.15 bits per heavy atom. The molecule has 4 rings (SSSR count). The first-order valence-electron chi connectivity index (χ1n) is 11.4. The predicted molar refractivity (Wildman–Crippen MR) is 135 cm³/mol. The molecule has 0 saturated carbocycles. The molecule has 0 aliphatic carbocycles. The molecule has 2 aromatic heterocycles. The molecule has 0 unspecified atom stereocenters. The van der Waals surface area contributed by atoms with E-state index >= 15 is 0 Å². The summed E-state index contributed by atoms with van der Waals surface area (Å²) >= 11 is 11.9. The molecule has 1 aliphatic rings. The molecule has 174 valence electrons. The highest BCUT2D eigenvalue weighted by atomic mass is 35.5. The van der Waals surface area contributed by atoms with Crippen LogP contribution in [0.3, 0.4) is 0 Å². The zero-order chi connectivity index (χ0) is 23.2. The van der Waals surface area contributed by atoms with Gasteiger partial charge >= 0.3 is 0 Å². The summed E-state index contributed by atoms with van der Waals surface area (Å²) in [6.45, 7) is 6.71. The second kappa shape index (κ2) is 11.1. The number of fused-ring (bicyclic) bond motifs is 1. The average Bonchev–Trinajstić information content (AvgIpc) is 3.24. The van der Waals surface area contributed by atoms with Gasteiger partial charge in [-0.1, -0.05) is 6.92 Å². The third kappa shape index (κ3) is 5.70. The van der Waals surface area contributed by atoms with Crippen molar-refractivity contribution in [3.05, 3.63) is 47.8 Å². The Labute approximate surface area is 204 Å². The Kier molecular flexibility index (Phi) is 7.92. The Morgan fingerprint density at radius 2 is 1.85 bits per heavy atom. The fourth-order valence-corrected chi connectivity index (χ4v) is 4.60. The number of hydrogen-bond acceptors (Lipinski definition) is 6. The van der Waals surface area contributed by atoms with Crippen molar-refractivity contribution in [2.75, 3.05) is 48.2 Å². The summed E-state index contributed by atoms with van der Waals surface area (Å²) in [5.41, 5.74) is 3.99. The molecule has 1 fully saturated rings. The molecule has 3 aromatic rings. The first kappa shape index (κ1) is 23.6. The molecule has 0 radical (unpaired) electrons. The summed E-state index contributed by atoms with van der Waals surface area (Å²) in [7, 11) is 0. The van der Waals surface area contributed by atoms with Gasteiger partial charge in [0.05, 0.1) is 11.9 Å². The van der Waals surface area contributed by atoms with Crippen LogP contribution in [0.4, 0.5) is 17.2 Å². The van der Waals surface area contributed by atoms with E-state index < -0.39 is 0 Å². The lowest BCUT2D eigenvalue weighted by Crippen LogP contribution is -2.32. The first-order valence-corrected chi connectivity index (χ1v) is 12.4. The van der Waals surface area contributed by atoms with Crippen molar-refractivity contribution in [2.45, 2.75) is 26.3 Å². The zero-order valence-corrected chi connectivity index (χ0v) is 20.4. The van der Waals surface area contributed by atoms with E-state index in [2.05, 4.69) is 45.3 Å². The Bertz CT molecular complexity index is 1090. The Hall–Kier alpha value is -2.53. The van der Waals surface area contributed by atoms with Gasteiger partial charge in [-0.15, -0.1) is 23.2 Å². The number of nitrogens with zero attached hydrogens (tertiary/aromatic N) is 6. The van der Waals surface area contributed by atoms with Crippen molar-refractivity contribution < 1.29 is 0 Å². The molecule has 0 atom stereocenters. The van der Waals surface area contributed by atoms with Crippen LogP contribution < -0.4 is 10.2 Å². The van der Waals surface area contributed by atoms with Crippen LogP contribution in [0.2, 0.25) is 0 Å². The van der Waals surface area contributed by atoms with Gasteiger partial charge in [-0.05, 0) is 56.1 Å². The van der Waals surface area contributed by atoms with E-state index in [0.717, 1.165) is 61.5 Å². The third-order valence-electron chi connectivity index (χ3n) is 6.12.